The van der Waals surface area contributed by atoms with Gasteiger partial charge in [-0.3, -0.25) is 0 Å². The van der Waals surface area contributed by atoms with Crippen LogP contribution in [0.3, 0.4) is 0 Å². The molecule has 0 aliphatic carbocycles. The Hall–Kier alpha value is -2.18. The first-order valence-electron chi connectivity index (χ1n) is 4.16. The molecule has 0 aromatic heterocycles. The van der Waals surface area contributed by atoms with Crippen molar-refractivity contribution in [3.05, 3.63) is 29.3 Å². The van der Waals surface area contributed by atoms with Crippen LogP contribution < -0.4 is 15.9 Å². The number of hydrogen-bond acceptors (Lipinski definition) is 3. The Labute approximate surface area is 89.9 Å². The molecule has 0 spiro atoms. The Bertz CT molecular complexity index is 412. The van der Waals surface area contributed by atoms with E-state index in [1.807, 2.05) is 5.43 Å². The zero-order valence-electron chi connectivity index (χ0n) is 8.33. The summed E-state index contributed by atoms with van der Waals surface area (Å²) in [5, 5.41) is 3.36. The van der Waals surface area contributed by atoms with Gasteiger partial charge in [-0.15, -0.1) is 0 Å². The molecule has 0 atom stereocenters. The van der Waals surface area contributed by atoms with Gasteiger partial charge in [0.15, 0.2) is 17.4 Å². The van der Waals surface area contributed by atoms with Gasteiger partial charge in [0, 0.05) is 5.56 Å². The molecule has 5 nitrogen and oxygen atoms in total. The third kappa shape index (κ3) is 2.91. The number of benzene rings is 1. The summed E-state index contributed by atoms with van der Waals surface area (Å²) in [7, 11) is 1.16. The monoisotopic (exact) mass is 229 g/mol. The number of ether oxygens (including phenoxy) is 1. The number of nitrogens with zero attached hydrogens (tertiary/aromatic N) is 1. The number of amides is 2. The van der Waals surface area contributed by atoms with Gasteiger partial charge in [0.25, 0.3) is 0 Å². The van der Waals surface area contributed by atoms with Crippen molar-refractivity contribution in [2.45, 2.75) is 0 Å². The van der Waals surface area contributed by atoms with Crippen LogP contribution in [0.25, 0.3) is 0 Å². The Balaban J connectivity index is 2.91. The molecular formula is C9H9F2N3O2. The van der Waals surface area contributed by atoms with E-state index in [1.54, 1.807) is 0 Å². The number of hydrogen-bond donors (Lipinski definition) is 2. The molecule has 16 heavy (non-hydrogen) atoms. The van der Waals surface area contributed by atoms with Crippen LogP contribution in [0.1, 0.15) is 5.56 Å². The summed E-state index contributed by atoms with van der Waals surface area (Å²) in [6, 6.07) is 1.15. The van der Waals surface area contributed by atoms with Gasteiger partial charge in [-0.05, 0) is 12.1 Å². The number of hydrazone groups is 1. The lowest BCUT2D eigenvalue weighted by Crippen LogP contribution is -2.24. The molecule has 0 saturated heterocycles. The number of carbonyl (C=O) groups excluding carboxylic acids is 1. The average molecular weight is 229 g/mol. The summed E-state index contributed by atoms with van der Waals surface area (Å²) in [5.41, 5.74) is 6.75. The molecule has 1 aromatic rings. The minimum absolute atomic E-state index is 0.129. The Morgan fingerprint density at radius 1 is 1.50 bits per heavy atom. The van der Waals surface area contributed by atoms with E-state index in [2.05, 4.69) is 9.84 Å². The third-order valence-electron chi connectivity index (χ3n) is 1.61. The highest BCUT2D eigenvalue weighted by molar-refractivity contribution is 5.81. The molecule has 86 valence electrons. The summed E-state index contributed by atoms with van der Waals surface area (Å²) in [4.78, 5) is 10.3. The molecule has 0 unspecified atom stereocenters. The van der Waals surface area contributed by atoms with Crippen LogP contribution in [-0.2, 0) is 0 Å². The molecule has 0 aliphatic heterocycles. The summed E-state index contributed by atoms with van der Waals surface area (Å²) in [6.45, 7) is 0. The number of primary amides is 1. The van der Waals surface area contributed by atoms with Crippen LogP contribution in [0.2, 0.25) is 0 Å². The molecule has 1 rings (SSSR count). The molecule has 2 amide bonds. The van der Waals surface area contributed by atoms with Gasteiger partial charge in [0.05, 0.1) is 13.3 Å². The Morgan fingerprint density at radius 3 is 2.50 bits per heavy atom. The second kappa shape index (κ2) is 5.06. The Morgan fingerprint density at radius 2 is 2.06 bits per heavy atom. The zero-order valence-corrected chi connectivity index (χ0v) is 8.33. The smallest absolute Gasteiger partial charge is 0.332 e. The summed E-state index contributed by atoms with van der Waals surface area (Å²) < 4.78 is 30.8. The largest absolute Gasteiger partial charge is 0.491 e. The number of nitrogens with two attached hydrogens (primary N) is 1. The highest BCUT2D eigenvalue weighted by atomic mass is 19.1. The maximum Gasteiger partial charge on any atom is 0.332 e. The van der Waals surface area contributed by atoms with Crippen molar-refractivity contribution in [3.8, 4) is 5.75 Å². The standard InChI is InChI=1S/C9H9F2N3O2/c1-16-8-6(10)2-5(3-7(8)11)4-13-14-9(12)15/h2-4H,1H3,(H3,12,14,15). The molecule has 0 fully saturated rings. The molecule has 0 bridgehead atoms. The minimum Gasteiger partial charge on any atom is -0.491 e. The summed E-state index contributed by atoms with van der Waals surface area (Å²) in [5.74, 6) is -2.19. The number of halogens is 2. The molecule has 1 aromatic carbocycles. The lowest BCUT2D eigenvalue weighted by atomic mass is 10.2. The fourth-order valence-electron chi connectivity index (χ4n) is 1.02. The van der Waals surface area contributed by atoms with Gasteiger partial charge in [-0.2, -0.15) is 5.10 Å². The van der Waals surface area contributed by atoms with Crippen LogP contribution in [0, 0.1) is 11.6 Å². The molecule has 0 saturated carbocycles. The lowest BCUT2D eigenvalue weighted by Gasteiger charge is -2.03. The normalized spacial score (nSPS) is 10.4. The third-order valence-corrected chi connectivity index (χ3v) is 1.61. The molecule has 0 aliphatic rings. The lowest BCUT2D eigenvalue weighted by molar-refractivity contribution is 0.249. The number of urea groups is 1. The molecule has 0 radical (unpaired) electrons. The van der Waals surface area contributed by atoms with Gasteiger partial charge < -0.3 is 10.5 Å². The van der Waals surface area contributed by atoms with Crippen LogP contribution in [-0.4, -0.2) is 19.4 Å². The van der Waals surface area contributed by atoms with E-state index in [0.717, 1.165) is 25.5 Å². The quantitative estimate of drug-likeness (QED) is 0.598. The SMILES string of the molecule is COc1c(F)cc(C=NNC(N)=O)cc1F. The molecule has 3 N–H and O–H groups in total. The fourth-order valence-corrected chi connectivity index (χ4v) is 1.02. The summed E-state index contributed by atoms with van der Waals surface area (Å²) >= 11 is 0. The van der Waals surface area contributed by atoms with Crippen molar-refractivity contribution in [3.63, 3.8) is 0 Å². The highest BCUT2D eigenvalue weighted by Crippen LogP contribution is 2.21. The van der Waals surface area contributed by atoms with E-state index in [1.165, 1.54) is 0 Å². The molecule has 7 heteroatoms. The van der Waals surface area contributed by atoms with Gasteiger partial charge in [-0.1, -0.05) is 0 Å². The number of nitrogens with one attached hydrogen (secondary N) is 1. The second-order valence-electron chi connectivity index (χ2n) is 2.75. The van der Waals surface area contributed by atoms with Crippen LogP contribution >= 0.6 is 0 Å². The van der Waals surface area contributed by atoms with E-state index in [4.69, 9.17) is 5.73 Å². The topological polar surface area (TPSA) is 76.7 Å². The van der Waals surface area contributed by atoms with Gasteiger partial charge >= 0.3 is 6.03 Å². The Kier molecular flexibility index (Phi) is 3.76. The molecule has 0 heterocycles. The maximum atomic E-state index is 13.2. The zero-order chi connectivity index (χ0) is 12.1. The predicted octanol–water partition coefficient (Wildman–Crippen LogP) is 0.976. The van der Waals surface area contributed by atoms with Crippen LogP contribution in [0.5, 0.6) is 5.75 Å². The first-order valence-corrected chi connectivity index (χ1v) is 4.16. The highest BCUT2D eigenvalue weighted by Gasteiger charge is 2.10. The first kappa shape index (κ1) is 11.9. The van der Waals surface area contributed by atoms with E-state index >= 15 is 0 Å². The van der Waals surface area contributed by atoms with Crippen molar-refractivity contribution in [1.82, 2.24) is 5.43 Å². The maximum absolute atomic E-state index is 13.2. The van der Waals surface area contributed by atoms with Gasteiger partial charge in [0.1, 0.15) is 0 Å². The van der Waals surface area contributed by atoms with Gasteiger partial charge in [-0.25, -0.2) is 19.0 Å². The summed E-state index contributed by atoms with van der Waals surface area (Å²) in [6.07, 6.45) is 1.05. The van der Waals surface area contributed by atoms with Crippen molar-refractivity contribution < 1.29 is 18.3 Å². The van der Waals surface area contributed by atoms with Crippen molar-refractivity contribution in [2.75, 3.05) is 7.11 Å². The average Bonchev–Trinajstić information content (AvgIpc) is 2.16. The van der Waals surface area contributed by atoms with Crippen molar-refractivity contribution in [1.29, 1.82) is 0 Å². The number of methoxy groups -OCH3 is 1. The van der Waals surface area contributed by atoms with E-state index in [9.17, 15) is 13.6 Å². The minimum atomic E-state index is -0.870. The van der Waals surface area contributed by atoms with E-state index < -0.39 is 23.4 Å². The predicted molar refractivity (Wildman–Crippen MR) is 53.2 cm³/mol. The van der Waals surface area contributed by atoms with E-state index in [0.29, 0.717) is 0 Å². The number of rotatable bonds is 3. The van der Waals surface area contributed by atoms with Crippen molar-refractivity contribution >= 4 is 12.2 Å². The molecular weight excluding hydrogens is 220 g/mol. The van der Waals surface area contributed by atoms with Crippen LogP contribution in [0.4, 0.5) is 13.6 Å². The van der Waals surface area contributed by atoms with Gasteiger partial charge in [0.2, 0.25) is 0 Å². The fraction of sp³-hybridized carbons (Fsp3) is 0.111. The van der Waals surface area contributed by atoms with E-state index in [-0.39, 0.29) is 5.56 Å². The van der Waals surface area contributed by atoms with Crippen molar-refractivity contribution in [2.24, 2.45) is 10.8 Å². The van der Waals surface area contributed by atoms with Crippen LogP contribution in [0.15, 0.2) is 17.2 Å². The first-order chi connectivity index (χ1) is 7.54. The number of carbonyl (C=O) groups is 1. The second-order valence-corrected chi connectivity index (χ2v) is 2.75.